The van der Waals surface area contributed by atoms with Crippen LogP contribution in [0, 0.1) is 5.41 Å². The SMILES string of the molecule is COc1ccc(/C=C/C(=O)OCCCCCCCCOC(=O)C(C(=O)OCCCCCCCCOC(=O)/C=C/c2ccc(OC)c(OC)c2)(C(N)c2ccccc2)C(N)c2ccccc2)cc1OC. The van der Waals surface area contributed by atoms with Crippen LogP contribution in [0.25, 0.3) is 12.2 Å². The number of nitrogens with two attached hydrogens (primary N) is 2. The van der Waals surface area contributed by atoms with E-state index in [1.165, 1.54) is 12.2 Å². The minimum atomic E-state index is -2.09. The van der Waals surface area contributed by atoms with E-state index in [0.717, 1.165) is 62.5 Å². The Hall–Kier alpha value is -6.64. The lowest BCUT2D eigenvalue weighted by molar-refractivity contribution is -0.177. The fraction of sp³-hybridized carbons (Fsp3) is 0.418. The number of ether oxygens (including phenoxy) is 8. The number of unbranched alkanes of at least 4 members (excludes halogenated alkanes) is 10. The Labute approximate surface area is 407 Å². The fourth-order valence-electron chi connectivity index (χ4n) is 7.71. The van der Waals surface area contributed by atoms with Crippen molar-refractivity contribution in [2.24, 2.45) is 16.9 Å². The molecule has 4 rings (SSSR count). The Morgan fingerprint density at radius 1 is 0.435 bits per heavy atom. The molecule has 69 heavy (non-hydrogen) atoms. The predicted molar refractivity (Wildman–Crippen MR) is 266 cm³/mol. The Morgan fingerprint density at radius 2 is 0.754 bits per heavy atom. The smallest absolute Gasteiger partial charge is 0.330 e. The van der Waals surface area contributed by atoms with Crippen LogP contribution in [0.1, 0.15) is 111 Å². The first-order chi connectivity index (χ1) is 33.6. The highest BCUT2D eigenvalue weighted by Crippen LogP contribution is 2.45. The number of carbonyl (C=O) groups excluding carboxylic acids is 4. The summed E-state index contributed by atoms with van der Waals surface area (Å²) in [5, 5.41) is 0. The second-order valence-electron chi connectivity index (χ2n) is 16.4. The third-order valence-corrected chi connectivity index (χ3v) is 11.6. The van der Waals surface area contributed by atoms with E-state index in [0.29, 0.717) is 73.0 Å². The van der Waals surface area contributed by atoms with Gasteiger partial charge in [-0.1, -0.05) is 124 Å². The zero-order chi connectivity index (χ0) is 49.7. The van der Waals surface area contributed by atoms with Crippen LogP contribution < -0.4 is 30.4 Å². The van der Waals surface area contributed by atoms with Gasteiger partial charge in [0.1, 0.15) is 0 Å². The van der Waals surface area contributed by atoms with Crippen molar-refractivity contribution in [1.29, 1.82) is 0 Å². The minimum Gasteiger partial charge on any atom is -0.493 e. The number of esters is 4. The van der Waals surface area contributed by atoms with Gasteiger partial charge >= 0.3 is 23.9 Å². The maximum atomic E-state index is 14.4. The van der Waals surface area contributed by atoms with E-state index >= 15 is 0 Å². The van der Waals surface area contributed by atoms with Gasteiger partial charge in [-0.25, -0.2) is 9.59 Å². The van der Waals surface area contributed by atoms with E-state index in [2.05, 4.69) is 0 Å². The van der Waals surface area contributed by atoms with Crippen LogP contribution >= 0.6 is 0 Å². The van der Waals surface area contributed by atoms with Crippen molar-refractivity contribution in [2.45, 2.75) is 89.1 Å². The largest absolute Gasteiger partial charge is 0.493 e. The van der Waals surface area contributed by atoms with Crippen molar-refractivity contribution in [3.05, 3.63) is 131 Å². The minimum absolute atomic E-state index is 0.0656. The molecule has 0 heterocycles. The number of hydrogen-bond acceptors (Lipinski definition) is 14. The molecule has 0 saturated heterocycles. The lowest BCUT2D eigenvalue weighted by Gasteiger charge is -2.39. The molecular weight excluding hydrogens is 881 g/mol. The van der Waals surface area contributed by atoms with Crippen LogP contribution in [-0.2, 0) is 38.1 Å². The summed E-state index contributed by atoms with van der Waals surface area (Å²) in [7, 11) is 6.23. The van der Waals surface area contributed by atoms with Crippen LogP contribution in [-0.4, -0.2) is 78.7 Å². The van der Waals surface area contributed by atoms with Crippen LogP contribution in [0.3, 0.4) is 0 Å². The lowest BCUT2D eigenvalue weighted by atomic mass is 9.69. The van der Waals surface area contributed by atoms with Crippen LogP contribution in [0.5, 0.6) is 23.0 Å². The number of rotatable bonds is 32. The molecule has 0 bridgehead atoms. The van der Waals surface area contributed by atoms with Crippen molar-refractivity contribution in [1.82, 2.24) is 0 Å². The summed E-state index contributed by atoms with van der Waals surface area (Å²) in [5.74, 6) is -0.175. The first-order valence-electron chi connectivity index (χ1n) is 23.7. The Morgan fingerprint density at radius 3 is 1.09 bits per heavy atom. The third-order valence-electron chi connectivity index (χ3n) is 11.6. The molecule has 0 saturated carbocycles. The quantitative estimate of drug-likeness (QED) is 0.0154. The summed E-state index contributed by atoms with van der Waals surface area (Å²) in [6.07, 6.45) is 15.5. The molecule has 4 aromatic rings. The molecule has 14 nitrogen and oxygen atoms in total. The van der Waals surface area contributed by atoms with Gasteiger partial charge in [-0.2, -0.15) is 0 Å². The van der Waals surface area contributed by atoms with Crippen LogP contribution in [0.4, 0.5) is 0 Å². The normalized spacial score (nSPS) is 12.3. The number of methoxy groups -OCH3 is 4. The molecule has 0 amide bonds. The van der Waals surface area contributed by atoms with Gasteiger partial charge < -0.3 is 49.4 Å². The molecule has 0 aliphatic rings. The van der Waals surface area contributed by atoms with Gasteiger partial charge in [0.05, 0.1) is 67.0 Å². The first kappa shape index (κ1) is 55.0. The molecule has 0 aliphatic heterocycles. The van der Waals surface area contributed by atoms with Crippen LogP contribution in [0.15, 0.2) is 109 Å². The molecule has 0 spiro atoms. The summed E-state index contributed by atoms with van der Waals surface area (Å²) in [6.45, 7) is 0.738. The van der Waals surface area contributed by atoms with Crippen molar-refractivity contribution >= 4 is 36.0 Å². The van der Waals surface area contributed by atoms with Crippen molar-refractivity contribution in [3.8, 4) is 23.0 Å². The number of benzene rings is 4. The van der Waals surface area contributed by atoms with E-state index in [1.54, 1.807) is 113 Å². The molecular formula is C55H70N2O12. The van der Waals surface area contributed by atoms with E-state index in [9.17, 15) is 19.2 Å². The van der Waals surface area contributed by atoms with Crippen molar-refractivity contribution in [2.75, 3.05) is 54.9 Å². The molecule has 14 heteroatoms. The van der Waals surface area contributed by atoms with E-state index < -0.39 is 41.4 Å². The van der Waals surface area contributed by atoms with Gasteiger partial charge in [0.15, 0.2) is 23.0 Å². The first-order valence-corrected chi connectivity index (χ1v) is 23.7. The molecule has 2 unspecified atom stereocenters. The Balaban J connectivity index is 1.22. The second-order valence-corrected chi connectivity index (χ2v) is 16.4. The highest BCUT2D eigenvalue weighted by Gasteiger charge is 2.59. The number of carbonyl (C=O) groups is 4. The summed E-state index contributed by atoms with van der Waals surface area (Å²) >= 11 is 0. The van der Waals surface area contributed by atoms with Gasteiger partial charge in [-0.3, -0.25) is 9.59 Å². The molecule has 372 valence electrons. The van der Waals surface area contributed by atoms with Gasteiger partial charge in [-0.05, 0) is 84.4 Å². The molecule has 2 atom stereocenters. The average molecular weight is 951 g/mol. The zero-order valence-corrected chi connectivity index (χ0v) is 40.6. The monoisotopic (exact) mass is 950 g/mol. The average Bonchev–Trinajstić information content (AvgIpc) is 3.38. The van der Waals surface area contributed by atoms with Gasteiger partial charge in [0.25, 0.3) is 0 Å². The van der Waals surface area contributed by atoms with Crippen molar-refractivity contribution < 1.29 is 57.1 Å². The standard InChI is InChI=1S/C55H70N2O12/c1-62-45-31-27-41(39-47(45)64-3)29-33-49(58)66-35-19-9-5-7-11-21-37-68-53(60)55(51(56)43-23-15-13-16-24-43,52(57)44-25-17-14-18-26-44)54(61)69-38-22-12-8-6-10-20-36-67-50(59)34-30-42-28-32-46(63-2)48(40-42)65-4/h13-18,23-34,39-40,51-52H,5-12,19-22,35-38,56-57H2,1-4H3/b33-29+,34-30+. The second kappa shape index (κ2) is 30.7. The van der Waals surface area contributed by atoms with E-state index in [4.69, 9.17) is 49.4 Å². The van der Waals surface area contributed by atoms with Crippen molar-refractivity contribution in [3.63, 3.8) is 0 Å². The summed E-state index contributed by atoms with van der Waals surface area (Å²) in [5.41, 5.74) is 14.4. The predicted octanol–water partition coefficient (Wildman–Crippen LogP) is 9.69. The molecule has 0 fully saturated rings. The third kappa shape index (κ3) is 17.4. The van der Waals surface area contributed by atoms with Crippen LogP contribution in [0.2, 0.25) is 0 Å². The molecule has 0 aromatic heterocycles. The summed E-state index contributed by atoms with van der Waals surface area (Å²) < 4.78 is 43.7. The van der Waals surface area contributed by atoms with E-state index in [1.807, 2.05) is 24.3 Å². The maximum Gasteiger partial charge on any atom is 0.330 e. The number of hydrogen-bond donors (Lipinski definition) is 2. The summed E-state index contributed by atoms with van der Waals surface area (Å²) in [4.78, 5) is 53.4. The highest BCUT2D eigenvalue weighted by molar-refractivity contribution is 6.02. The van der Waals surface area contributed by atoms with Gasteiger partial charge in [0.2, 0.25) is 5.41 Å². The topological polar surface area (TPSA) is 194 Å². The Bertz CT molecular complexity index is 2070. The van der Waals surface area contributed by atoms with Gasteiger partial charge in [0, 0.05) is 12.2 Å². The van der Waals surface area contributed by atoms with Gasteiger partial charge in [-0.15, -0.1) is 0 Å². The fourth-order valence-corrected chi connectivity index (χ4v) is 7.71. The maximum absolute atomic E-state index is 14.4. The highest BCUT2D eigenvalue weighted by atomic mass is 16.6. The Kier molecular flexibility index (Phi) is 24.4. The lowest BCUT2D eigenvalue weighted by Crippen LogP contribution is -2.56. The van der Waals surface area contributed by atoms with E-state index in [-0.39, 0.29) is 13.2 Å². The molecule has 4 aromatic carbocycles. The summed E-state index contributed by atoms with van der Waals surface area (Å²) in [6, 6.07) is 26.2. The molecule has 4 N–H and O–H groups in total. The zero-order valence-electron chi connectivity index (χ0n) is 40.6. The molecule has 0 aliphatic carbocycles. The molecule has 0 radical (unpaired) electrons.